The molecule has 0 fully saturated rings. The van der Waals surface area contributed by atoms with Crippen LogP contribution in [-0.4, -0.2) is 46.8 Å². The lowest BCUT2D eigenvalue weighted by molar-refractivity contribution is 0.0546. The standard InChI is InChI=1S/C15H17BrO5S2/c1-17-3-4-18-5-6-19-10-2-9-22-13(10)14-11-12(15(16)23-14)21-8-7-20-11/h2,9H,3-8H2,1H3. The maximum Gasteiger partial charge on any atom is 0.187 e. The van der Waals surface area contributed by atoms with E-state index in [4.69, 9.17) is 23.7 Å². The zero-order valence-electron chi connectivity index (χ0n) is 12.6. The lowest BCUT2D eigenvalue weighted by atomic mass is 10.3. The smallest absolute Gasteiger partial charge is 0.187 e. The molecule has 23 heavy (non-hydrogen) atoms. The van der Waals surface area contributed by atoms with E-state index in [0.717, 1.165) is 30.8 Å². The predicted molar refractivity (Wildman–Crippen MR) is 94.5 cm³/mol. The molecule has 0 aliphatic carbocycles. The summed E-state index contributed by atoms with van der Waals surface area (Å²) in [6.07, 6.45) is 0. The Kier molecular flexibility index (Phi) is 6.18. The van der Waals surface area contributed by atoms with Crippen LogP contribution in [-0.2, 0) is 9.47 Å². The Morgan fingerprint density at radius 3 is 2.70 bits per heavy atom. The SMILES string of the molecule is COCCOCCOc1ccsc1-c1sc(Br)c2c1OCCO2. The van der Waals surface area contributed by atoms with Gasteiger partial charge in [-0.15, -0.1) is 22.7 Å². The minimum atomic E-state index is 0.500. The summed E-state index contributed by atoms with van der Waals surface area (Å²) in [5.41, 5.74) is 0. The Morgan fingerprint density at radius 2 is 1.87 bits per heavy atom. The molecule has 1 aliphatic heterocycles. The van der Waals surface area contributed by atoms with Crippen molar-refractivity contribution in [2.45, 2.75) is 0 Å². The average Bonchev–Trinajstić information content (AvgIpc) is 3.16. The molecule has 8 heteroatoms. The average molecular weight is 421 g/mol. The van der Waals surface area contributed by atoms with Crippen molar-refractivity contribution in [3.05, 3.63) is 15.2 Å². The molecular formula is C15H17BrO5S2. The van der Waals surface area contributed by atoms with Crippen LogP contribution in [0.3, 0.4) is 0 Å². The highest BCUT2D eigenvalue weighted by atomic mass is 79.9. The van der Waals surface area contributed by atoms with Crippen LogP contribution in [0.25, 0.3) is 9.75 Å². The molecule has 0 atom stereocenters. The van der Waals surface area contributed by atoms with Gasteiger partial charge in [-0.3, -0.25) is 0 Å². The lowest BCUT2D eigenvalue weighted by Crippen LogP contribution is -2.14. The molecule has 126 valence electrons. The van der Waals surface area contributed by atoms with Gasteiger partial charge < -0.3 is 23.7 Å². The molecule has 0 radical (unpaired) electrons. The highest BCUT2D eigenvalue weighted by Crippen LogP contribution is 2.54. The van der Waals surface area contributed by atoms with Crippen LogP contribution >= 0.6 is 38.6 Å². The van der Waals surface area contributed by atoms with E-state index in [1.165, 1.54) is 0 Å². The van der Waals surface area contributed by atoms with Gasteiger partial charge in [0.05, 0.1) is 29.6 Å². The molecule has 0 saturated carbocycles. The van der Waals surface area contributed by atoms with Gasteiger partial charge in [-0.05, 0) is 27.4 Å². The quantitative estimate of drug-likeness (QED) is 0.602. The van der Waals surface area contributed by atoms with E-state index in [9.17, 15) is 0 Å². The molecule has 2 aromatic rings. The highest BCUT2D eigenvalue weighted by molar-refractivity contribution is 9.11. The molecule has 5 nitrogen and oxygen atoms in total. The first-order chi connectivity index (χ1) is 11.3. The maximum atomic E-state index is 5.85. The fraction of sp³-hybridized carbons (Fsp3) is 0.467. The molecule has 0 amide bonds. The molecular weight excluding hydrogens is 404 g/mol. The van der Waals surface area contributed by atoms with E-state index >= 15 is 0 Å². The van der Waals surface area contributed by atoms with E-state index < -0.39 is 0 Å². The van der Waals surface area contributed by atoms with Crippen LogP contribution < -0.4 is 14.2 Å². The lowest BCUT2D eigenvalue weighted by Gasteiger charge is -2.16. The van der Waals surface area contributed by atoms with Gasteiger partial charge in [-0.25, -0.2) is 0 Å². The summed E-state index contributed by atoms with van der Waals surface area (Å²) in [6.45, 7) is 3.35. The van der Waals surface area contributed by atoms with Crippen LogP contribution in [0.4, 0.5) is 0 Å². The highest BCUT2D eigenvalue weighted by Gasteiger charge is 2.26. The van der Waals surface area contributed by atoms with Crippen molar-refractivity contribution in [3.8, 4) is 27.0 Å². The maximum absolute atomic E-state index is 5.85. The Bertz CT molecular complexity index is 640. The number of hydrogen-bond acceptors (Lipinski definition) is 7. The fourth-order valence-electron chi connectivity index (χ4n) is 2.10. The zero-order chi connectivity index (χ0) is 16.1. The van der Waals surface area contributed by atoms with Crippen LogP contribution in [0.5, 0.6) is 17.2 Å². The predicted octanol–water partition coefficient (Wildman–Crippen LogP) is 4.05. The molecule has 0 saturated heterocycles. The molecule has 3 rings (SSSR count). The first-order valence-electron chi connectivity index (χ1n) is 7.16. The summed E-state index contributed by atoms with van der Waals surface area (Å²) in [7, 11) is 1.66. The van der Waals surface area contributed by atoms with Crippen molar-refractivity contribution in [3.63, 3.8) is 0 Å². The molecule has 0 bridgehead atoms. The van der Waals surface area contributed by atoms with Gasteiger partial charge in [0, 0.05) is 7.11 Å². The van der Waals surface area contributed by atoms with Crippen molar-refractivity contribution < 1.29 is 23.7 Å². The first-order valence-corrected chi connectivity index (χ1v) is 9.65. The van der Waals surface area contributed by atoms with Gasteiger partial charge in [0.25, 0.3) is 0 Å². The molecule has 0 unspecified atom stereocenters. The van der Waals surface area contributed by atoms with Crippen molar-refractivity contribution in [1.29, 1.82) is 0 Å². The minimum absolute atomic E-state index is 0.500. The summed E-state index contributed by atoms with van der Waals surface area (Å²) in [6, 6.07) is 1.97. The second kappa shape index (κ2) is 8.34. The Morgan fingerprint density at radius 1 is 1.09 bits per heavy atom. The van der Waals surface area contributed by atoms with Gasteiger partial charge in [0.15, 0.2) is 11.5 Å². The Balaban J connectivity index is 1.67. The third kappa shape index (κ3) is 4.00. The van der Waals surface area contributed by atoms with Crippen molar-refractivity contribution in [2.75, 3.05) is 46.8 Å². The van der Waals surface area contributed by atoms with E-state index in [-0.39, 0.29) is 0 Å². The van der Waals surface area contributed by atoms with Gasteiger partial charge in [0.2, 0.25) is 0 Å². The Hall–Kier alpha value is -0.800. The minimum Gasteiger partial charge on any atom is -0.490 e. The first kappa shape index (κ1) is 17.0. The molecule has 3 heterocycles. The number of thiophene rings is 2. The Labute approximate surface area is 151 Å². The molecule has 0 N–H and O–H groups in total. The van der Waals surface area contributed by atoms with Crippen LogP contribution in [0.2, 0.25) is 0 Å². The van der Waals surface area contributed by atoms with Gasteiger partial charge in [0.1, 0.15) is 29.4 Å². The summed E-state index contributed by atoms with van der Waals surface area (Å²) < 4.78 is 28.6. The fourth-order valence-corrected chi connectivity index (χ4v) is 4.78. The molecule has 2 aromatic heterocycles. The molecule has 0 aromatic carbocycles. The van der Waals surface area contributed by atoms with Crippen LogP contribution in [0, 0.1) is 0 Å². The summed E-state index contributed by atoms with van der Waals surface area (Å²) >= 11 is 6.78. The zero-order valence-corrected chi connectivity index (χ0v) is 15.9. The number of rotatable bonds is 8. The normalized spacial score (nSPS) is 13.3. The summed E-state index contributed by atoms with van der Waals surface area (Å²) in [5, 5.41) is 2.01. The van der Waals surface area contributed by atoms with Gasteiger partial charge >= 0.3 is 0 Å². The summed E-state index contributed by atoms with van der Waals surface area (Å²) in [5.74, 6) is 2.44. The van der Waals surface area contributed by atoms with E-state index in [2.05, 4.69) is 15.9 Å². The molecule has 1 aliphatic rings. The largest absolute Gasteiger partial charge is 0.490 e. The van der Waals surface area contributed by atoms with Crippen LogP contribution in [0.1, 0.15) is 0 Å². The third-order valence-corrected chi connectivity index (χ3v) is 5.96. The number of methoxy groups -OCH3 is 1. The van der Waals surface area contributed by atoms with Gasteiger partial charge in [-0.2, -0.15) is 0 Å². The monoisotopic (exact) mass is 420 g/mol. The third-order valence-electron chi connectivity index (χ3n) is 3.11. The number of halogens is 1. The van der Waals surface area contributed by atoms with E-state index in [1.807, 2.05) is 11.4 Å². The summed E-state index contributed by atoms with van der Waals surface area (Å²) in [4.78, 5) is 2.09. The van der Waals surface area contributed by atoms with E-state index in [0.29, 0.717) is 39.6 Å². The van der Waals surface area contributed by atoms with E-state index in [1.54, 1.807) is 29.8 Å². The second-order valence-corrected chi connectivity index (χ2v) is 7.88. The van der Waals surface area contributed by atoms with Gasteiger partial charge in [-0.1, -0.05) is 0 Å². The number of ether oxygens (including phenoxy) is 5. The number of fused-ring (bicyclic) bond motifs is 1. The van der Waals surface area contributed by atoms with Crippen molar-refractivity contribution in [1.82, 2.24) is 0 Å². The molecule has 0 spiro atoms. The van der Waals surface area contributed by atoms with Crippen molar-refractivity contribution in [2.24, 2.45) is 0 Å². The topological polar surface area (TPSA) is 46.2 Å². The second-order valence-electron chi connectivity index (χ2n) is 4.63. The number of hydrogen-bond donors (Lipinski definition) is 0. The van der Waals surface area contributed by atoms with Crippen molar-refractivity contribution >= 4 is 38.6 Å². The van der Waals surface area contributed by atoms with Crippen LogP contribution in [0.15, 0.2) is 15.2 Å².